The van der Waals surface area contributed by atoms with Gasteiger partial charge in [0.1, 0.15) is 5.75 Å². The Balaban J connectivity index is 2.29. The molecule has 0 unspecified atom stereocenters. The Morgan fingerprint density at radius 1 is 1.25 bits per heavy atom. The lowest BCUT2D eigenvalue weighted by Crippen LogP contribution is -2.41. The van der Waals surface area contributed by atoms with E-state index in [-0.39, 0.29) is 12.2 Å². The largest absolute Gasteiger partial charge is 0.508 e. The summed E-state index contributed by atoms with van der Waals surface area (Å²) in [4.78, 5) is 11.0. The van der Waals surface area contributed by atoms with Crippen molar-refractivity contribution in [3.8, 4) is 5.75 Å². The van der Waals surface area contributed by atoms with E-state index >= 15 is 0 Å². The van der Waals surface area contributed by atoms with Crippen molar-refractivity contribution >= 4 is 18.5 Å². The first-order valence-corrected chi connectivity index (χ1v) is 6.58. The summed E-state index contributed by atoms with van der Waals surface area (Å²) in [5.41, 5.74) is 5.55. The third-order valence-electron chi connectivity index (χ3n) is 3.99. The molecule has 1 heterocycles. The molecule has 0 spiro atoms. The van der Waals surface area contributed by atoms with Gasteiger partial charge in [-0.1, -0.05) is 12.1 Å². The minimum Gasteiger partial charge on any atom is -0.508 e. The van der Waals surface area contributed by atoms with Gasteiger partial charge < -0.3 is 20.1 Å². The lowest BCUT2D eigenvalue weighted by atomic mass is 9.78. The summed E-state index contributed by atoms with van der Waals surface area (Å²) in [6.45, 7) is 7.88. The Morgan fingerprint density at radius 3 is 2.30 bits per heavy atom. The molecule has 0 saturated carbocycles. The molecular formula is C14H20BNO4. The molecule has 0 bridgehead atoms. The first-order chi connectivity index (χ1) is 9.12. The van der Waals surface area contributed by atoms with Crippen molar-refractivity contribution in [2.45, 2.75) is 45.3 Å². The zero-order valence-electron chi connectivity index (χ0n) is 12.3. The maximum Gasteiger partial charge on any atom is 0.494 e. The SMILES string of the molecule is CC1(C)OB(c2ccc(O)c(CC(N)=O)c2)OC1(C)C. The third-order valence-corrected chi connectivity index (χ3v) is 3.99. The Morgan fingerprint density at radius 2 is 1.80 bits per heavy atom. The van der Waals surface area contributed by atoms with Gasteiger partial charge in [-0.25, -0.2) is 0 Å². The van der Waals surface area contributed by atoms with Gasteiger partial charge in [0.2, 0.25) is 5.91 Å². The topological polar surface area (TPSA) is 81.8 Å². The molecule has 108 valence electrons. The van der Waals surface area contributed by atoms with Crippen molar-refractivity contribution in [2.75, 3.05) is 0 Å². The van der Waals surface area contributed by atoms with Crippen molar-refractivity contribution in [3.63, 3.8) is 0 Å². The molecule has 1 fully saturated rings. The van der Waals surface area contributed by atoms with Crippen LogP contribution in [0.25, 0.3) is 0 Å². The van der Waals surface area contributed by atoms with Crippen LogP contribution in [0.4, 0.5) is 0 Å². The summed E-state index contributed by atoms with van der Waals surface area (Å²) in [5.74, 6) is -0.449. The maximum absolute atomic E-state index is 11.0. The predicted octanol–water partition coefficient (Wildman–Crippen LogP) is 0.719. The molecule has 0 atom stereocenters. The Labute approximate surface area is 119 Å². The van der Waals surface area contributed by atoms with Crippen LogP contribution in [-0.2, 0) is 20.5 Å². The number of carbonyl (C=O) groups is 1. The highest BCUT2D eigenvalue weighted by atomic mass is 16.7. The summed E-state index contributed by atoms with van der Waals surface area (Å²) >= 11 is 0. The average molecular weight is 277 g/mol. The quantitative estimate of drug-likeness (QED) is 0.797. The standard InChI is InChI=1S/C14H20BNO4/c1-13(2)14(3,4)20-15(19-13)10-5-6-11(17)9(7-10)8-12(16)18/h5-7,17H,8H2,1-4H3,(H2,16,18). The highest BCUT2D eigenvalue weighted by Crippen LogP contribution is 2.36. The Hall–Kier alpha value is -1.53. The summed E-state index contributed by atoms with van der Waals surface area (Å²) in [6, 6.07) is 4.95. The van der Waals surface area contributed by atoms with Crippen LogP contribution in [0.15, 0.2) is 18.2 Å². The van der Waals surface area contributed by atoms with Gasteiger partial charge in [0, 0.05) is 5.56 Å². The van der Waals surface area contributed by atoms with Crippen molar-refractivity contribution in [1.82, 2.24) is 0 Å². The molecule has 0 aromatic heterocycles. The molecule has 1 aromatic rings. The molecule has 0 radical (unpaired) electrons. The van der Waals surface area contributed by atoms with E-state index in [1.165, 1.54) is 6.07 Å². The molecule has 6 heteroatoms. The van der Waals surface area contributed by atoms with E-state index < -0.39 is 24.2 Å². The maximum atomic E-state index is 11.0. The van der Waals surface area contributed by atoms with Crippen LogP contribution in [0.2, 0.25) is 0 Å². The van der Waals surface area contributed by atoms with Crippen LogP contribution in [0.3, 0.4) is 0 Å². The summed E-state index contributed by atoms with van der Waals surface area (Å²) in [7, 11) is -0.521. The van der Waals surface area contributed by atoms with Gasteiger partial charge in [0.05, 0.1) is 17.6 Å². The van der Waals surface area contributed by atoms with Gasteiger partial charge in [0.25, 0.3) is 0 Å². The van der Waals surface area contributed by atoms with Crippen molar-refractivity contribution < 1.29 is 19.2 Å². The van der Waals surface area contributed by atoms with E-state index in [0.29, 0.717) is 5.56 Å². The van der Waals surface area contributed by atoms with E-state index in [0.717, 1.165) is 5.46 Å². The van der Waals surface area contributed by atoms with Crippen LogP contribution in [0, 0.1) is 0 Å². The number of hydrogen-bond donors (Lipinski definition) is 2. The number of rotatable bonds is 3. The molecular weight excluding hydrogens is 257 g/mol. The van der Waals surface area contributed by atoms with Crippen LogP contribution in [-0.4, -0.2) is 29.3 Å². The van der Waals surface area contributed by atoms with E-state index in [9.17, 15) is 9.90 Å². The number of amides is 1. The lowest BCUT2D eigenvalue weighted by Gasteiger charge is -2.32. The fourth-order valence-corrected chi connectivity index (χ4v) is 2.06. The van der Waals surface area contributed by atoms with E-state index in [1.54, 1.807) is 12.1 Å². The summed E-state index contributed by atoms with van der Waals surface area (Å²) in [6.07, 6.45) is -0.0147. The number of nitrogens with two attached hydrogens (primary N) is 1. The van der Waals surface area contributed by atoms with Crippen molar-refractivity contribution in [1.29, 1.82) is 0 Å². The number of phenolic OH excluding ortho intramolecular Hbond substituents is 1. The Bertz CT molecular complexity index is 526. The summed E-state index contributed by atoms with van der Waals surface area (Å²) in [5, 5.41) is 9.74. The zero-order chi connectivity index (χ0) is 15.1. The number of aromatic hydroxyl groups is 1. The fraction of sp³-hybridized carbons (Fsp3) is 0.500. The van der Waals surface area contributed by atoms with E-state index in [1.807, 2.05) is 27.7 Å². The number of primary amides is 1. The van der Waals surface area contributed by atoms with Crippen LogP contribution < -0.4 is 11.2 Å². The Kier molecular flexibility index (Phi) is 3.56. The second-order valence-electron chi connectivity index (χ2n) is 6.12. The zero-order valence-corrected chi connectivity index (χ0v) is 12.3. The molecule has 1 amide bonds. The van der Waals surface area contributed by atoms with E-state index in [4.69, 9.17) is 15.0 Å². The first kappa shape index (κ1) is 14.9. The normalized spacial score (nSPS) is 20.1. The van der Waals surface area contributed by atoms with Gasteiger partial charge >= 0.3 is 7.12 Å². The highest BCUT2D eigenvalue weighted by Gasteiger charge is 2.51. The summed E-state index contributed by atoms with van der Waals surface area (Å²) < 4.78 is 11.9. The van der Waals surface area contributed by atoms with Gasteiger partial charge in [-0.2, -0.15) is 0 Å². The number of carbonyl (C=O) groups excluding carboxylic acids is 1. The lowest BCUT2D eigenvalue weighted by molar-refractivity contribution is -0.117. The molecule has 20 heavy (non-hydrogen) atoms. The van der Waals surface area contributed by atoms with Gasteiger partial charge in [0.15, 0.2) is 0 Å². The molecule has 1 saturated heterocycles. The first-order valence-electron chi connectivity index (χ1n) is 6.58. The second-order valence-corrected chi connectivity index (χ2v) is 6.12. The number of hydrogen-bond acceptors (Lipinski definition) is 4. The molecule has 5 nitrogen and oxygen atoms in total. The third kappa shape index (κ3) is 2.67. The van der Waals surface area contributed by atoms with Crippen molar-refractivity contribution in [2.24, 2.45) is 5.73 Å². The monoisotopic (exact) mass is 277 g/mol. The molecule has 2 rings (SSSR count). The molecule has 1 aromatic carbocycles. The number of phenols is 1. The second kappa shape index (κ2) is 4.79. The molecule has 0 aliphatic carbocycles. The molecule has 1 aliphatic heterocycles. The average Bonchev–Trinajstić information content (AvgIpc) is 2.50. The predicted molar refractivity (Wildman–Crippen MR) is 76.7 cm³/mol. The van der Waals surface area contributed by atoms with E-state index in [2.05, 4.69) is 0 Å². The van der Waals surface area contributed by atoms with Gasteiger partial charge in [-0.05, 0) is 39.2 Å². The minimum absolute atomic E-state index is 0.0147. The number of benzene rings is 1. The fourth-order valence-electron chi connectivity index (χ4n) is 2.06. The smallest absolute Gasteiger partial charge is 0.494 e. The van der Waals surface area contributed by atoms with Crippen molar-refractivity contribution in [3.05, 3.63) is 23.8 Å². The van der Waals surface area contributed by atoms with Crippen LogP contribution >= 0.6 is 0 Å². The van der Waals surface area contributed by atoms with Crippen LogP contribution in [0.1, 0.15) is 33.3 Å². The van der Waals surface area contributed by atoms with Crippen LogP contribution in [0.5, 0.6) is 5.75 Å². The highest BCUT2D eigenvalue weighted by molar-refractivity contribution is 6.62. The molecule has 3 N–H and O–H groups in total. The van der Waals surface area contributed by atoms with Gasteiger partial charge in [-0.15, -0.1) is 0 Å². The molecule has 1 aliphatic rings. The minimum atomic E-state index is -0.521. The van der Waals surface area contributed by atoms with Gasteiger partial charge in [-0.3, -0.25) is 4.79 Å².